The van der Waals surface area contributed by atoms with E-state index in [-0.39, 0.29) is 28.3 Å². The fourth-order valence-electron chi connectivity index (χ4n) is 5.25. The molecule has 0 saturated carbocycles. The number of hydrogen-bond donors (Lipinski definition) is 6. The Morgan fingerprint density at radius 1 is 0.911 bits per heavy atom. The Bertz CT molecular complexity index is 2010. The smallest absolute Gasteiger partial charge is 0.386 e. The molecule has 242 valence electrons. The molecule has 0 aromatic carbocycles. The highest BCUT2D eigenvalue weighted by atomic mass is 32.7. The van der Waals surface area contributed by atoms with Gasteiger partial charge in [-0.2, -0.15) is 4.98 Å². The summed E-state index contributed by atoms with van der Waals surface area (Å²) in [5, 5.41) is 11.1. The lowest BCUT2D eigenvalue weighted by atomic mass is 10.1. The van der Waals surface area contributed by atoms with Gasteiger partial charge < -0.3 is 25.3 Å². The van der Waals surface area contributed by atoms with Crippen molar-refractivity contribution >= 4 is 66.4 Å². The van der Waals surface area contributed by atoms with Gasteiger partial charge in [0.2, 0.25) is 5.95 Å². The molecule has 0 amide bonds. The third-order valence-electron chi connectivity index (χ3n) is 7.26. The molecule has 0 radical (unpaired) electrons. The van der Waals surface area contributed by atoms with E-state index in [0.717, 1.165) is 23.5 Å². The highest BCUT2D eigenvalue weighted by Gasteiger charge is 2.54. The second-order valence-electron chi connectivity index (χ2n) is 10.1. The second kappa shape index (κ2) is 11.2. The van der Waals surface area contributed by atoms with Crippen molar-refractivity contribution < 1.29 is 46.2 Å². The number of nitrogens with one attached hydrogen (secondary N) is 2. The van der Waals surface area contributed by atoms with Crippen LogP contribution in [0.4, 0.5) is 10.3 Å². The molecule has 0 unspecified atom stereocenters. The van der Waals surface area contributed by atoms with Crippen LogP contribution in [-0.4, -0.2) is 94.0 Å². The Hall–Kier alpha value is -2.69. The summed E-state index contributed by atoms with van der Waals surface area (Å²) < 4.78 is 78.7. The molecule has 25 heteroatoms. The molecule has 3 saturated heterocycles. The van der Waals surface area contributed by atoms with Gasteiger partial charge in [0.15, 0.2) is 41.0 Å². The van der Waals surface area contributed by atoms with Gasteiger partial charge in [0, 0.05) is 0 Å². The summed E-state index contributed by atoms with van der Waals surface area (Å²) in [6.45, 7) is -10.2. The molecular formula is C20H22FN9O11P2S2. The van der Waals surface area contributed by atoms with Gasteiger partial charge in [-0.1, -0.05) is 24.5 Å². The van der Waals surface area contributed by atoms with E-state index >= 15 is 4.39 Å². The lowest BCUT2D eigenvalue weighted by Gasteiger charge is -2.26. The first-order valence-electron chi connectivity index (χ1n) is 12.9. The van der Waals surface area contributed by atoms with Crippen molar-refractivity contribution in [2.45, 2.75) is 49.1 Å². The number of nitrogens with zero attached hydrogens (tertiary/aromatic N) is 6. The van der Waals surface area contributed by atoms with Crippen LogP contribution < -0.4 is 16.9 Å². The predicted molar refractivity (Wildman–Crippen MR) is 154 cm³/mol. The minimum atomic E-state index is -4.44. The molecule has 10 atom stereocenters. The number of aliphatic hydroxyl groups is 1. The summed E-state index contributed by atoms with van der Waals surface area (Å²) >= 11 is 8.00. The Labute approximate surface area is 259 Å². The number of thiol groups is 2. The predicted octanol–water partition coefficient (Wildman–Crippen LogP) is 0.222. The van der Waals surface area contributed by atoms with Crippen molar-refractivity contribution in [3.8, 4) is 0 Å². The first kappa shape index (κ1) is 30.9. The van der Waals surface area contributed by atoms with Gasteiger partial charge in [-0.05, 0) is 0 Å². The first-order valence-corrected chi connectivity index (χ1v) is 18.3. The summed E-state index contributed by atoms with van der Waals surface area (Å²) in [6, 6.07) is 0. The summed E-state index contributed by atoms with van der Waals surface area (Å²) in [6.07, 6.45) is -9.17. The zero-order valence-corrected chi connectivity index (χ0v) is 25.8. The Morgan fingerprint density at radius 2 is 1.51 bits per heavy atom. The number of alkyl halides is 1. The Morgan fingerprint density at radius 3 is 2.22 bits per heavy atom. The number of rotatable bonds is 2. The molecule has 2 bridgehead atoms. The first-order chi connectivity index (χ1) is 21.3. The van der Waals surface area contributed by atoms with E-state index in [1.807, 2.05) is 0 Å². The van der Waals surface area contributed by atoms with Gasteiger partial charge in [-0.3, -0.25) is 41.8 Å². The third-order valence-corrected chi connectivity index (χ3v) is 10.5. The van der Waals surface area contributed by atoms with E-state index in [2.05, 4.69) is 54.4 Å². The summed E-state index contributed by atoms with van der Waals surface area (Å²) in [5.41, 5.74) is 4.14. The molecule has 0 aliphatic carbocycles. The highest BCUT2D eigenvalue weighted by molar-refractivity contribution is 8.44. The van der Waals surface area contributed by atoms with Crippen LogP contribution in [0.25, 0.3) is 22.3 Å². The second-order valence-corrected chi connectivity index (χ2v) is 15.8. The van der Waals surface area contributed by atoms with Crippen LogP contribution in [0.5, 0.6) is 0 Å². The molecule has 7 heterocycles. The lowest BCUT2D eigenvalue weighted by molar-refractivity contribution is -0.0568. The number of hydrogen-bond acceptors (Lipinski definition) is 16. The van der Waals surface area contributed by atoms with Crippen LogP contribution in [0.2, 0.25) is 0 Å². The number of aromatic nitrogens is 8. The molecule has 20 nitrogen and oxygen atoms in total. The number of aromatic amines is 2. The maximum Gasteiger partial charge on any atom is 0.386 e. The van der Waals surface area contributed by atoms with E-state index < -0.39 is 87.1 Å². The third kappa shape index (κ3) is 5.54. The average molecular weight is 710 g/mol. The van der Waals surface area contributed by atoms with Crippen molar-refractivity contribution in [2.24, 2.45) is 0 Å². The number of halogens is 1. The summed E-state index contributed by atoms with van der Waals surface area (Å²) in [4.78, 5) is 45.1. The van der Waals surface area contributed by atoms with E-state index in [9.17, 15) is 23.8 Å². The average Bonchev–Trinajstić information content (AvgIpc) is 3.72. The minimum Gasteiger partial charge on any atom is -0.387 e. The van der Waals surface area contributed by atoms with E-state index in [0.29, 0.717) is 0 Å². The van der Waals surface area contributed by atoms with Crippen molar-refractivity contribution in [1.82, 2.24) is 39.0 Å². The highest BCUT2D eigenvalue weighted by Crippen LogP contribution is 2.60. The molecule has 45 heavy (non-hydrogen) atoms. The van der Waals surface area contributed by atoms with Crippen molar-refractivity contribution in [1.29, 1.82) is 0 Å². The number of nitrogens with two attached hydrogens (primary N) is 1. The Balaban J connectivity index is 1.21. The molecule has 3 fully saturated rings. The molecule has 4 aromatic heterocycles. The number of ether oxygens (including phenoxy) is 2. The molecule has 5 N–H and O–H groups in total. The largest absolute Gasteiger partial charge is 0.387 e. The molecule has 7 rings (SSSR count). The number of H-pyrrole nitrogens is 2. The maximum atomic E-state index is 16.0. The minimum absolute atomic E-state index is 0.0198. The van der Waals surface area contributed by atoms with Gasteiger partial charge >= 0.3 is 13.6 Å². The lowest BCUT2D eigenvalue weighted by Crippen LogP contribution is -2.35. The fraction of sp³-hybridized carbons (Fsp3) is 0.500. The number of aliphatic hydroxyl groups excluding tert-OH is 1. The van der Waals surface area contributed by atoms with E-state index in [4.69, 9.17) is 33.3 Å². The van der Waals surface area contributed by atoms with Crippen LogP contribution in [0.1, 0.15) is 12.5 Å². The van der Waals surface area contributed by atoms with Crippen molar-refractivity contribution in [3.63, 3.8) is 0 Å². The zero-order valence-electron chi connectivity index (χ0n) is 22.2. The fourth-order valence-corrected chi connectivity index (χ4v) is 8.20. The molecule has 4 aromatic rings. The standard InChI is InChI=1S/C20H22FN9O11P2S2/c21-8-12-7(39-18(8)29-4-25-9-14(29)23-3-24-16(9)32)2-37-43(35,45)41-13-11(31)6(1-36-42(34,44)40-12)38-19(13)30-5-26-10-15(30)27-20(22)28-17(10)33/h3-8,11-13,18-19,31H,1-2H2,(H,34,44)(H,35,45)(H,23,24,32)(H3,22,27,28,33)/t6-,7-,8+,11-,12-,13-,18-,19-,42-,43-/m1/s1. The van der Waals surface area contributed by atoms with Gasteiger partial charge in [0.05, 0.1) is 32.2 Å². The molecule has 3 aliphatic rings. The quantitative estimate of drug-likeness (QED) is 0.120. The number of imidazole rings is 2. The van der Waals surface area contributed by atoms with E-state index in [1.54, 1.807) is 0 Å². The number of nitrogen functional groups attached to an aromatic ring is 1. The van der Waals surface area contributed by atoms with Gasteiger partial charge in [0.25, 0.3) is 11.1 Å². The van der Waals surface area contributed by atoms with Crippen LogP contribution in [0, 0.1) is 0 Å². The van der Waals surface area contributed by atoms with Crippen LogP contribution >= 0.6 is 38.1 Å². The monoisotopic (exact) mass is 709 g/mol. The van der Waals surface area contributed by atoms with Gasteiger partial charge in [-0.15, -0.1) is 0 Å². The summed E-state index contributed by atoms with van der Waals surface area (Å²) in [7, 11) is 0. The topological polar surface area (TPSA) is 263 Å². The van der Waals surface area contributed by atoms with Crippen molar-refractivity contribution in [3.05, 3.63) is 39.7 Å². The Kier molecular flexibility index (Phi) is 7.72. The SMILES string of the molecule is Nc1nc2c(ncn2[C@@H]2O[C@@H]3CO[P@@](=O)(S)O[C@H]4[C@H](F)[C@H](n5cnc6c(=O)[nH]cnc65)O[C@@H]4CO[P@@](=O)(S)O[C@@H]2[C@@H]3O)c(=O)[nH]1. The molecule has 0 spiro atoms. The zero-order chi connectivity index (χ0) is 31.8. The summed E-state index contributed by atoms with van der Waals surface area (Å²) in [5.74, 6) is -0.245. The molecule has 3 aliphatic heterocycles. The van der Waals surface area contributed by atoms with Crippen LogP contribution in [0.15, 0.2) is 28.6 Å². The number of fused-ring (bicyclic) bond motifs is 5. The van der Waals surface area contributed by atoms with Crippen LogP contribution in [-0.2, 0) is 36.7 Å². The van der Waals surface area contributed by atoms with Gasteiger partial charge in [-0.25, -0.2) is 28.5 Å². The van der Waals surface area contributed by atoms with Gasteiger partial charge in [0.1, 0.15) is 30.5 Å². The molecular weight excluding hydrogens is 687 g/mol. The maximum absolute atomic E-state index is 16.0. The van der Waals surface area contributed by atoms with E-state index in [1.165, 1.54) is 4.57 Å². The number of anilines is 1. The normalized spacial score (nSPS) is 37.7. The van der Waals surface area contributed by atoms with Crippen molar-refractivity contribution in [2.75, 3.05) is 18.9 Å². The van der Waals surface area contributed by atoms with Crippen LogP contribution in [0.3, 0.4) is 0 Å².